The largest absolute Gasteiger partial charge is 0.352 e. The summed E-state index contributed by atoms with van der Waals surface area (Å²) >= 11 is 3.43. The Kier molecular flexibility index (Phi) is 8.04. The summed E-state index contributed by atoms with van der Waals surface area (Å²) in [7, 11) is 0. The van der Waals surface area contributed by atoms with E-state index in [0.717, 1.165) is 15.6 Å². The van der Waals surface area contributed by atoms with E-state index >= 15 is 0 Å². The third-order valence-corrected chi connectivity index (χ3v) is 4.86. The summed E-state index contributed by atoms with van der Waals surface area (Å²) in [5, 5.41) is 2.91. The van der Waals surface area contributed by atoms with E-state index in [-0.39, 0.29) is 17.9 Å². The lowest BCUT2D eigenvalue weighted by molar-refractivity contribution is -0.140. The van der Waals surface area contributed by atoms with Gasteiger partial charge in [-0.25, -0.2) is 0 Å². The van der Waals surface area contributed by atoms with Crippen molar-refractivity contribution < 1.29 is 9.59 Å². The zero-order valence-corrected chi connectivity index (χ0v) is 17.7. The lowest BCUT2D eigenvalue weighted by Crippen LogP contribution is -2.49. The maximum atomic E-state index is 13.0. The molecule has 0 aliphatic heterocycles. The van der Waals surface area contributed by atoms with Gasteiger partial charge in [0.2, 0.25) is 11.8 Å². The molecule has 0 unspecified atom stereocenters. The molecule has 0 bridgehead atoms. The zero-order chi connectivity index (χ0) is 19.8. The van der Waals surface area contributed by atoms with Crippen LogP contribution >= 0.6 is 15.9 Å². The van der Waals surface area contributed by atoms with E-state index in [1.165, 1.54) is 0 Å². The molecule has 0 radical (unpaired) electrons. The van der Waals surface area contributed by atoms with Crippen LogP contribution in [0, 0.1) is 0 Å². The average molecular weight is 431 g/mol. The van der Waals surface area contributed by atoms with Crippen LogP contribution in [0.1, 0.15) is 38.3 Å². The third-order valence-electron chi connectivity index (χ3n) is 4.33. The van der Waals surface area contributed by atoms with E-state index in [9.17, 15) is 9.59 Å². The summed E-state index contributed by atoms with van der Waals surface area (Å²) in [4.78, 5) is 27.1. The van der Waals surface area contributed by atoms with Crippen molar-refractivity contribution in [3.8, 4) is 0 Å². The molecule has 1 N–H and O–H groups in total. The minimum Gasteiger partial charge on any atom is -0.352 e. The molecule has 0 aliphatic rings. The van der Waals surface area contributed by atoms with Crippen LogP contribution in [-0.2, 0) is 22.6 Å². The Morgan fingerprint density at radius 2 is 1.59 bits per heavy atom. The van der Waals surface area contributed by atoms with Crippen LogP contribution in [0.3, 0.4) is 0 Å². The second kappa shape index (κ2) is 10.3. The lowest BCUT2D eigenvalue weighted by atomic mass is 10.1. The van der Waals surface area contributed by atoms with Gasteiger partial charge in [-0.3, -0.25) is 9.59 Å². The first-order chi connectivity index (χ1) is 12.9. The summed E-state index contributed by atoms with van der Waals surface area (Å²) in [6, 6.07) is 17.3. The van der Waals surface area contributed by atoms with Crippen LogP contribution in [-0.4, -0.2) is 28.8 Å². The molecule has 0 saturated carbocycles. The molecule has 2 aromatic rings. The molecule has 0 fully saturated rings. The minimum atomic E-state index is -0.528. The van der Waals surface area contributed by atoms with E-state index in [0.29, 0.717) is 19.4 Å². The molecule has 27 heavy (non-hydrogen) atoms. The molecule has 1 atom stereocenters. The van der Waals surface area contributed by atoms with Crippen molar-refractivity contribution in [1.82, 2.24) is 10.2 Å². The Balaban J connectivity index is 2.12. The number of aryl methyl sites for hydroxylation is 1. The van der Waals surface area contributed by atoms with Gasteiger partial charge in [0.1, 0.15) is 6.04 Å². The number of nitrogens with one attached hydrogen (secondary N) is 1. The van der Waals surface area contributed by atoms with Gasteiger partial charge in [0.15, 0.2) is 0 Å². The van der Waals surface area contributed by atoms with Gasteiger partial charge in [-0.2, -0.15) is 0 Å². The Morgan fingerprint density at radius 3 is 2.19 bits per heavy atom. The normalized spacial score (nSPS) is 11.9. The van der Waals surface area contributed by atoms with Crippen molar-refractivity contribution in [1.29, 1.82) is 0 Å². The molecule has 0 saturated heterocycles. The molecule has 2 amide bonds. The average Bonchev–Trinajstić information content (AvgIpc) is 2.65. The second-order valence-corrected chi connectivity index (χ2v) is 7.89. The molecule has 2 aromatic carbocycles. The van der Waals surface area contributed by atoms with Crippen LogP contribution in [0.4, 0.5) is 0 Å². The Morgan fingerprint density at radius 1 is 0.963 bits per heavy atom. The lowest BCUT2D eigenvalue weighted by Gasteiger charge is -2.29. The Labute approximate surface area is 170 Å². The van der Waals surface area contributed by atoms with Crippen molar-refractivity contribution in [2.45, 2.75) is 52.2 Å². The fourth-order valence-electron chi connectivity index (χ4n) is 2.81. The van der Waals surface area contributed by atoms with Crippen molar-refractivity contribution in [2.24, 2.45) is 0 Å². The van der Waals surface area contributed by atoms with Crippen LogP contribution in [0.2, 0.25) is 0 Å². The first-order valence-electron chi connectivity index (χ1n) is 9.25. The first-order valence-corrected chi connectivity index (χ1v) is 10.0. The molecule has 5 heteroatoms. The topological polar surface area (TPSA) is 49.4 Å². The second-order valence-electron chi connectivity index (χ2n) is 6.97. The Bertz CT molecular complexity index is 745. The quantitative estimate of drug-likeness (QED) is 0.677. The molecular formula is C22H27BrN2O2. The standard InChI is InChI=1S/C22H27BrN2O2/c1-16(2)24-22(27)17(3)25(15-19-9-12-20(23)13-10-19)21(26)14-11-18-7-5-4-6-8-18/h4-10,12-13,16-17H,11,14-15H2,1-3H3,(H,24,27)/t17-/m0/s1. The van der Waals surface area contributed by atoms with Crippen LogP contribution in [0.5, 0.6) is 0 Å². The fourth-order valence-corrected chi connectivity index (χ4v) is 3.08. The van der Waals surface area contributed by atoms with E-state index in [4.69, 9.17) is 0 Å². The summed E-state index contributed by atoms with van der Waals surface area (Å²) in [6.07, 6.45) is 1.04. The molecule has 0 aliphatic carbocycles. The van der Waals surface area contributed by atoms with Gasteiger partial charge >= 0.3 is 0 Å². The summed E-state index contributed by atoms with van der Waals surface area (Å²) < 4.78 is 0.985. The summed E-state index contributed by atoms with van der Waals surface area (Å²) in [5.74, 6) is -0.150. The summed E-state index contributed by atoms with van der Waals surface area (Å²) in [5.41, 5.74) is 2.11. The monoisotopic (exact) mass is 430 g/mol. The fraction of sp³-hybridized carbons (Fsp3) is 0.364. The molecule has 4 nitrogen and oxygen atoms in total. The number of amides is 2. The number of rotatable bonds is 8. The number of benzene rings is 2. The molecule has 0 heterocycles. The van der Waals surface area contributed by atoms with Crippen LogP contribution in [0.15, 0.2) is 59.1 Å². The highest BCUT2D eigenvalue weighted by molar-refractivity contribution is 9.10. The van der Waals surface area contributed by atoms with Crippen molar-refractivity contribution in [3.05, 3.63) is 70.2 Å². The van der Waals surface area contributed by atoms with Crippen molar-refractivity contribution >= 4 is 27.7 Å². The predicted octanol–water partition coefficient (Wildman–Crippen LogP) is 4.32. The molecule has 144 valence electrons. The molecule has 0 spiro atoms. The number of nitrogens with zero attached hydrogens (tertiary/aromatic N) is 1. The summed E-state index contributed by atoms with van der Waals surface area (Å²) in [6.45, 7) is 6.03. The minimum absolute atomic E-state index is 0.0202. The first kappa shape index (κ1) is 21.2. The van der Waals surface area contributed by atoms with Crippen molar-refractivity contribution in [2.75, 3.05) is 0 Å². The molecule has 0 aromatic heterocycles. The van der Waals surface area contributed by atoms with Gasteiger partial charge in [-0.15, -0.1) is 0 Å². The molecular weight excluding hydrogens is 404 g/mol. The highest BCUT2D eigenvalue weighted by atomic mass is 79.9. The van der Waals surface area contributed by atoms with Gasteiger partial charge in [0.05, 0.1) is 0 Å². The van der Waals surface area contributed by atoms with Gasteiger partial charge in [0.25, 0.3) is 0 Å². The molecule has 2 rings (SSSR count). The maximum absolute atomic E-state index is 13.0. The SMILES string of the molecule is CC(C)NC(=O)[C@H](C)N(Cc1ccc(Br)cc1)C(=O)CCc1ccccc1. The van der Waals surface area contributed by atoms with E-state index in [1.807, 2.05) is 68.4 Å². The zero-order valence-electron chi connectivity index (χ0n) is 16.1. The number of carbonyl (C=O) groups excluding carboxylic acids is 2. The van der Waals surface area contributed by atoms with Crippen LogP contribution in [0.25, 0.3) is 0 Å². The number of hydrogen-bond donors (Lipinski definition) is 1. The Hall–Kier alpha value is -2.14. The van der Waals surface area contributed by atoms with Gasteiger partial charge in [0, 0.05) is 23.5 Å². The van der Waals surface area contributed by atoms with Gasteiger partial charge < -0.3 is 10.2 Å². The van der Waals surface area contributed by atoms with Crippen LogP contribution < -0.4 is 5.32 Å². The van der Waals surface area contributed by atoms with Gasteiger partial charge in [-0.05, 0) is 50.5 Å². The highest BCUT2D eigenvalue weighted by Crippen LogP contribution is 2.16. The van der Waals surface area contributed by atoms with E-state index < -0.39 is 6.04 Å². The van der Waals surface area contributed by atoms with Gasteiger partial charge in [-0.1, -0.05) is 58.4 Å². The smallest absolute Gasteiger partial charge is 0.242 e. The van der Waals surface area contributed by atoms with Crippen molar-refractivity contribution in [3.63, 3.8) is 0 Å². The highest BCUT2D eigenvalue weighted by Gasteiger charge is 2.26. The van der Waals surface area contributed by atoms with E-state index in [2.05, 4.69) is 21.2 Å². The van der Waals surface area contributed by atoms with E-state index in [1.54, 1.807) is 11.8 Å². The number of carbonyl (C=O) groups is 2. The predicted molar refractivity (Wildman–Crippen MR) is 112 cm³/mol. The maximum Gasteiger partial charge on any atom is 0.242 e. The third kappa shape index (κ3) is 6.83. The number of hydrogen-bond acceptors (Lipinski definition) is 2. The number of halogens is 1.